The molecule has 3 N–H and O–H groups in total. The van der Waals surface area contributed by atoms with Crippen molar-refractivity contribution in [1.82, 2.24) is 20.5 Å². The number of carbonyl (C=O) groups is 2. The number of ether oxygens (including phenoxy) is 3. The standard InChI is InChI=1S/C32H34N4O6S/c1-20(40-21(2)38)30(39)33-16-26-5-3-4-6-28(26)23-11-13-25(14-12-23)31-41-27(18-43-32-34-19-35-36-32)15-29(42-31)24-9-7-22(17-37)8-10-24/h3-14,19-20,27,29,31,37H,15-18H2,1-2H3,(H,33,39)(H,34,35,36)/t20-,27-,29+,31+/m0/s1. The van der Waals surface area contributed by atoms with Gasteiger partial charge in [0.25, 0.3) is 5.91 Å². The van der Waals surface area contributed by atoms with E-state index in [4.69, 9.17) is 14.2 Å². The molecule has 0 saturated carbocycles. The van der Waals surface area contributed by atoms with Crippen LogP contribution < -0.4 is 5.32 Å². The fourth-order valence-corrected chi connectivity index (χ4v) is 5.66. The van der Waals surface area contributed by atoms with Gasteiger partial charge >= 0.3 is 5.97 Å². The molecule has 1 aliphatic heterocycles. The molecule has 2 heterocycles. The number of esters is 1. The molecule has 0 aliphatic carbocycles. The zero-order valence-corrected chi connectivity index (χ0v) is 24.8. The van der Waals surface area contributed by atoms with Gasteiger partial charge in [0.15, 0.2) is 17.6 Å². The highest BCUT2D eigenvalue weighted by atomic mass is 32.2. The summed E-state index contributed by atoms with van der Waals surface area (Å²) in [5.74, 6) is -0.184. The van der Waals surface area contributed by atoms with Crippen LogP contribution in [0.3, 0.4) is 0 Å². The lowest BCUT2D eigenvalue weighted by Crippen LogP contribution is -2.35. The Labute approximate surface area is 254 Å². The predicted octanol–water partition coefficient (Wildman–Crippen LogP) is 4.87. The third-order valence-electron chi connectivity index (χ3n) is 7.09. The number of rotatable bonds is 11. The number of H-pyrrole nitrogens is 1. The van der Waals surface area contributed by atoms with Crippen molar-refractivity contribution in [3.63, 3.8) is 0 Å². The fraction of sp³-hybridized carbons (Fsp3) is 0.312. The number of hydrogen-bond acceptors (Lipinski definition) is 9. The van der Waals surface area contributed by atoms with E-state index in [1.807, 2.05) is 72.8 Å². The highest BCUT2D eigenvalue weighted by Crippen LogP contribution is 2.39. The van der Waals surface area contributed by atoms with Crippen LogP contribution in [0.5, 0.6) is 0 Å². The Morgan fingerprint density at radius 3 is 2.51 bits per heavy atom. The summed E-state index contributed by atoms with van der Waals surface area (Å²) in [6.45, 7) is 3.10. The molecule has 4 aromatic rings. The van der Waals surface area contributed by atoms with Gasteiger partial charge in [-0.3, -0.25) is 14.7 Å². The van der Waals surface area contributed by atoms with Crippen molar-refractivity contribution >= 4 is 23.6 Å². The van der Waals surface area contributed by atoms with Gasteiger partial charge in [0.2, 0.25) is 0 Å². The van der Waals surface area contributed by atoms with Gasteiger partial charge in [0, 0.05) is 31.2 Å². The van der Waals surface area contributed by atoms with Gasteiger partial charge in [-0.1, -0.05) is 84.6 Å². The zero-order valence-electron chi connectivity index (χ0n) is 23.9. The number of amides is 1. The van der Waals surface area contributed by atoms with E-state index in [-0.39, 0.29) is 24.7 Å². The molecule has 0 radical (unpaired) electrons. The van der Waals surface area contributed by atoms with Gasteiger partial charge in [0.05, 0.1) is 18.8 Å². The van der Waals surface area contributed by atoms with Crippen LogP contribution in [-0.2, 0) is 37.0 Å². The predicted molar refractivity (Wildman–Crippen MR) is 160 cm³/mol. The minimum Gasteiger partial charge on any atom is -0.453 e. The molecular formula is C32H34N4O6S. The average Bonchev–Trinajstić information content (AvgIpc) is 3.56. The Hall–Kier alpha value is -4.03. The molecule has 11 heteroatoms. The van der Waals surface area contributed by atoms with Gasteiger partial charge in [-0.25, -0.2) is 4.98 Å². The van der Waals surface area contributed by atoms with Crippen LogP contribution in [0.2, 0.25) is 0 Å². The lowest BCUT2D eigenvalue weighted by atomic mass is 9.97. The van der Waals surface area contributed by atoms with Crippen molar-refractivity contribution in [3.8, 4) is 11.1 Å². The third-order valence-corrected chi connectivity index (χ3v) is 8.10. The Balaban J connectivity index is 1.31. The second-order valence-electron chi connectivity index (χ2n) is 10.2. The first kappa shape index (κ1) is 30.4. The van der Waals surface area contributed by atoms with E-state index in [0.29, 0.717) is 18.7 Å². The summed E-state index contributed by atoms with van der Waals surface area (Å²) in [6, 6.07) is 23.7. The lowest BCUT2D eigenvalue weighted by Gasteiger charge is -2.36. The first-order chi connectivity index (χ1) is 20.9. The summed E-state index contributed by atoms with van der Waals surface area (Å²) in [5.41, 5.74) is 5.64. The van der Waals surface area contributed by atoms with E-state index < -0.39 is 18.4 Å². The van der Waals surface area contributed by atoms with E-state index in [2.05, 4.69) is 20.5 Å². The number of hydrogen-bond donors (Lipinski definition) is 3. The molecule has 0 bridgehead atoms. The molecule has 1 amide bonds. The van der Waals surface area contributed by atoms with Crippen LogP contribution in [0.25, 0.3) is 11.1 Å². The highest BCUT2D eigenvalue weighted by Gasteiger charge is 2.32. The van der Waals surface area contributed by atoms with Gasteiger partial charge in [0.1, 0.15) is 6.33 Å². The maximum absolute atomic E-state index is 12.4. The maximum atomic E-state index is 12.4. The molecule has 0 unspecified atom stereocenters. The van der Waals surface area contributed by atoms with Crippen LogP contribution in [0, 0.1) is 0 Å². The normalized spacial score (nSPS) is 19.0. The summed E-state index contributed by atoms with van der Waals surface area (Å²) in [6.07, 6.45) is 0.416. The lowest BCUT2D eigenvalue weighted by molar-refractivity contribution is -0.245. The Bertz CT molecular complexity index is 1500. The molecule has 0 spiro atoms. The Morgan fingerprint density at radius 2 is 1.81 bits per heavy atom. The van der Waals surface area contributed by atoms with Crippen molar-refractivity contribution in [1.29, 1.82) is 0 Å². The molecule has 1 saturated heterocycles. The quantitative estimate of drug-likeness (QED) is 0.162. The second kappa shape index (κ2) is 14.4. The van der Waals surface area contributed by atoms with Crippen molar-refractivity contribution in [2.75, 3.05) is 5.75 Å². The van der Waals surface area contributed by atoms with Crippen LogP contribution in [0.15, 0.2) is 84.3 Å². The molecular weight excluding hydrogens is 568 g/mol. The number of nitrogens with one attached hydrogen (secondary N) is 2. The minimum atomic E-state index is -0.867. The summed E-state index contributed by atoms with van der Waals surface area (Å²) < 4.78 is 17.9. The molecule has 1 aromatic heterocycles. The van der Waals surface area contributed by atoms with Crippen LogP contribution in [0.1, 0.15) is 54.9 Å². The molecule has 3 aromatic carbocycles. The van der Waals surface area contributed by atoms with Gasteiger partial charge < -0.3 is 24.6 Å². The minimum absolute atomic E-state index is 0.0107. The van der Waals surface area contributed by atoms with Gasteiger partial charge in [-0.2, -0.15) is 5.10 Å². The number of aromatic amines is 1. The van der Waals surface area contributed by atoms with Gasteiger partial charge in [-0.15, -0.1) is 0 Å². The number of aliphatic hydroxyl groups is 1. The van der Waals surface area contributed by atoms with Crippen molar-refractivity contribution in [2.24, 2.45) is 0 Å². The summed E-state index contributed by atoms with van der Waals surface area (Å²) in [7, 11) is 0. The number of benzene rings is 3. The Kier molecular flexibility index (Phi) is 10.2. The largest absolute Gasteiger partial charge is 0.453 e. The molecule has 1 fully saturated rings. The summed E-state index contributed by atoms with van der Waals surface area (Å²) >= 11 is 1.55. The van der Waals surface area contributed by atoms with Gasteiger partial charge in [-0.05, 0) is 34.7 Å². The zero-order chi connectivity index (χ0) is 30.2. The molecule has 1 aliphatic rings. The monoisotopic (exact) mass is 602 g/mol. The second-order valence-corrected chi connectivity index (χ2v) is 11.2. The maximum Gasteiger partial charge on any atom is 0.303 e. The van der Waals surface area contributed by atoms with Crippen LogP contribution in [0.4, 0.5) is 0 Å². The van der Waals surface area contributed by atoms with E-state index in [0.717, 1.165) is 38.5 Å². The molecule has 43 heavy (non-hydrogen) atoms. The first-order valence-corrected chi connectivity index (χ1v) is 15.0. The summed E-state index contributed by atoms with van der Waals surface area (Å²) in [4.78, 5) is 27.8. The number of thioether (sulfide) groups is 1. The Morgan fingerprint density at radius 1 is 1.07 bits per heavy atom. The van der Waals surface area contributed by atoms with E-state index in [1.165, 1.54) is 13.3 Å². The number of aliphatic hydroxyl groups excluding tert-OH is 1. The van der Waals surface area contributed by atoms with Crippen LogP contribution in [-0.4, -0.2) is 50.1 Å². The molecule has 224 valence electrons. The van der Waals surface area contributed by atoms with E-state index >= 15 is 0 Å². The van der Waals surface area contributed by atoms with E-state index in [9.17, 15) is 14.7 Å². The smallest absolute Gasteiger partial charge is 0.303 e. The topological polar surface area (TPSA) is 136 Å². The fourth-order valence-electron chi connectivity index (χ4n) is 4.86. The number of carbonyl (C=O) groups excluding carboxylic acids is 2. The van der Waals surface area contributed by atoms with E-state index in [1.54, 1.807) is 18.7 Å². The number of aromatic nitrogens is 3. The van der Waals surface area contributed by atoms with Crippen molar-refractivity contribution < 1.29 is 28.9 Å². The number of nitrogens with zero attached hydrogens (tertiary/aromatic N) is 2. The molecule has 5 rings (SSSR count). The first-order valence-electron chi connectivity index (χ1n) is 14.0. The van der Waals surface area contributed by atoms with Crippen molar-refractivity contribution in [2.45, 2.75) is 63.2 Å². The van der Waals surface area contributed by atoms with Crippen LogP contribution >= 0.6 is 11.8 Å². The average molecular weight is 603 g/mol. The molecule has 10 nitrogen and oxygen atoms in total. The highest BCUT2D eigenvalue weighted by molar-refractivity contribution is 7.99. The SMILES string of the molecule is CC(=O)O[C@@H](C)C(=O)NCc1ccccc1-c1ccc([C@@H]2O[C@H](CSc3ncn[nH]3)C[C@H](c3ccc(CO)cc3)O2)cc1. The third kappa shape index (κ3) is 8.08. The molecule has 4 atom stereocenters. The van der Waals surface area contributed by atoms with Crippen molar-refractivity contribution in [3.05, 3.63) is 101 Å². The summed E-state index contributed by atoms with van der Waals surface area (Å²) in [5, 5.41) is 19.8.